The van der Waals surface area contributed by atoms with Gasteiger partial charge in [0.15, 0.2) is 11.6 Å². The molecule has 0 radical (unpaired) electrons. The van der Waals surface area contributed by atoms with Crippen LogP contribution in [0.3, 0.4) is 0 Å². The number of carbonyl (C=O) groups is 2. The van der Waals surface area contributed by atoms with Crippen LogP contribution in [0.1, 0.15) is 31.8 Å². The molecule has 7 aromatic carbocycles. The van der Waals surface area contributed by atoms with Crippen molar-refractivity contribution in [1.29, 1.82) is 0 Å². The van der Waals surface area contributed by atoms with Gasteiger partial charge in [-0.05, 0) is 99.6 Å². The van der Waals surface area contributed by atoms with E-state index >= 15 is 0 Å². The minimum absolute atomic E-state index is 0.117. The van der Waals surface area contributed by atoms with Crippen molar-refractivity contribution in [3.63, 3.8) is 0 Å². The summed E-state index contributed by atoms with van der Waals surface area (Å²) in [6.45, 7) is 9.64. The summed E-state index contributed by atoms with van der Waals surface area (Å²) < 4.78 is 0. The Labute approximate surface area is 319 Å². The minimum atomic E-state index is -1.88. The second kappa shape index (κ2) is 12.8. The zero-order valence-electron chi connectivity index (χ0n) is 30.9. The van der Waals surface area contributed by atoms with Crippen LogP contribution in [0.5, 0.6) is 0 Å². The summed E-state index contributed by atoms with van der Waals surface area (Å²) in [5.41, 5.74) is 8.93. The van der Waals surface area contributed by atoms with Crippen molar-refractivity contribution in [3.8, 4) is 0 Å². The van der Waals surface area contributed by atoms with Crippen LogP contribution in [0.15, 0.2) is 170 Å². The normalized spacial score (nSPS) is 14.7. The maximum Gasteiger partial charge on any atom is 0.193 e. The van der Waals surface area contributed by atoms with Gasteiger partial charge in [-0.15, -0.1) is 0 Å². The lowest BCUT2D eigenvalue weighted by Crippen LogP contribution is -2.58. The molecule has 0 aromatic heterocycles. The Morgan fingerprint density at radius 1 is 0.352 bits per heavy atom. The maximum absolute atomic E-state index is 13.9. The summed E-state index contributed by atoms with van der Waals surface area (Å²) in [5, 5.41) is 5.58. The van der Waals surface area contributed by atoms with Crippen LogP contribution in [0.25, 0.3) is 0 Å². The van der Waals surface area contributed by atoms with Gasteiger partial charge in [-0.1, -0.05) is 117 Å². The predicted molar refractivity (Wildman–Crippen MR) is 229 cm³/mol. The smallest absolute Gasteiger partial charge is 0.193 e. The van der Waals surface area contributed by atoms with Crippen molar-refractivity contribution < 1.29 is 9.59 Å². The Morgan fingerprint density at radius 3 is 0.963 bits per heavy atom. The first-order valence-electron chi connectivity index (χ1n) is 18.5. The lowest BCUT2D eigenvalue weighted by Gasteiger charge is -2.41. The summed E-state index contributed by atoms with van der Waals surface area (Å²) in [5.74, 6) is -0.234. The molecule has 0 saturated heterocycles. The predicted octanol–water partition coefficient (Wildman–Crippen LogP) is 9.36. The van der Waals surface area contributed by atoms with Crippen molar-refractivity contribution in [2.24, 2.45) is 0 Å². The molecule has 0 atom stereocenters. The summed E-state index contributed by atoms with van der Waals surface area (Å²) in [7, 11) is -3.77. The lowest BCUT2D eigenvalue weighted by molar-refractivity contribution is 0.103. The molecule has 0 bridgehead atoms. The molecule has 262 valence electrons. The van der Waals surface area contributed by atoms with Gasteiger partial charge < -0.3 is 9.80 Å². The fourth-order valence-electron chi connectivity index (χ4n) is 8.55. The van der Waals surface area contributed by atoms with Gasteiger partial charge in [0.05, 0.1) is 0 Å². The molecule has 9 rings (SSSR count). The van der Waals surface area contributed by atoms with Crippen molar-refractivity contribution >= 4 is 82.6 Å². The van der Waals surface area contributed by atoms with Crippen LogP contribution < -0.4 is 30.5 Å². The fraction of sp³-hybridized carbons (Fsp3) is 0.0833. The number of rotatable bonds is 6. The highest BCUT2D eigenvalue weighted by Crippen LogP contribution is 2.39. The van der Waals surface area contributed by atoms with E-state index < -0.39 is 16.1 Å². The molecule has 0 spiro atoms. The number of hydrogen-bond donors (Lipinski definition) is 0. The summed E-state index contributed by atoms with van der Waals surface area (Å²) in [6, 6.07) is 57.5. The fourth-order valence-corrected chi connectivity index (χ4v) is 14.5. The average Bonchev–Trinajstić information content (AvgIpc) is 3.21. The number of fused-ring (bicyclic) bond motifs is 4. The van der Waals surface area contributed by atoms with Crippen molar-refractivity contribution in [3.05, 3.63) is 192 Å². The zero-order valence-corrected chi connectivity index (χ0v) is 32.9. The van der Waals surface area contributed by atoms with E-state index in [2.05, 4.69) is 133 Å². The van der Waals surface area contributed by atoms with Gasteiger partial charge >= 0.3 is 0 Å². The first kappa shape index (κ1) is 33.7. The molecular weight excluding hydrogens is 693 g/mol. The van der Waals surface area contributed by atoms with E-state index in [-0.39, 0.29) is 11.6 Å². The van der Waals surface area contributed by atoms with Crippen LogP contribution in [-0.2, 0) is 0 Å². The highest BCUT2D eigenvalue weighted by atomic mass is 28.3. The lowest BCUT2D eigenvalue weighted by atomic mass is 9.97. The van der Waals surface area contributed by atoms with E-state index in [0.29, 0.717) is 22.3 Å². The number of anilines is 6. The minimum Gasteiger partial charge on any atom is -0.311 e. The second-order valence-corrected chi connectivity index (χ2v) is 24.0. The van der Waals surface area contributed by atoms with Crippen LogP contribution in [0.2, 0.25) is 26.2 Å². The Bertz CT molecular complexity index is 2330. The number of ketones is 2. The number of para-hydroxylation sites is 4. The third-order valence-corrected chi connectivity index (χ3v) is 18.5. The van der Waals surface area contributed by atoms with Crippen molar-refractivity contribution in [2.75, 3.05) is 9.80 Å². The van der Waals surface area contributed by atoms with Gasteiger partial charge in [-0.3, -0.25) is 9.59 Å². The third-order valence-electron chi connectivity index (χ3n) is 11.4. The molecule has 6 heteroatoms. The third kappa shape index (κ3) is 5.32. The second-order valence-electron chi connectivity index (χ2n) is 15.3. The number of benzene rings is 7. The van der Waals surface area contributed by atoms with E-state index in [9.17, 15) is 9.59 Å². The summed E-state index contributed by atoms with van der Waals surface area (Å²) in [4.78, 5) is 32.4. The molecule has 2 aliphatic heterocycles. The van der Waals surface area contributed by atoms with Gasteiger partial charge in [-0.2, -0.15) is 0 Å². The summed E-state index contributed by atoms with van der Waals surface area (Å²) in [6.07, 6.45) is 0. The van der Waals surface area contributed by atoms with Crippen molar-refractivity contribution in [2.45, 2.75) is 26.2 Å². The van der Waals surface area contributed by atoms with Gasteiger partial charge in [0.1, 0.15) is 16.1 Å². The van der Waals surface area contributed by atoms with E-state index in [4.69, 9.17) is 0 Å². The zero-order chi connectivity index (χ0) is 37.2. The Balaban J connectivity index is 0.980. The molecule has 0 saturated carbocycles. The molecule has 0 unspecified atom stereocenters. The molecule has 7 aromatic rings. The number of hydrogen-bond acceptors (Lipinski definition) is 4. The standard InChI is InChI=1S/C48H40N2O2Si2/c1-53(2)43-20-9-5-16-39(43)49(40-17-6-10-21-44(40)53)37-28-24-33(25-29-37)47(51)35-14-13-15-36(32-35)48(52)34-26-30-38(31-27-34)50-41-18-7-11-22-45(41)54(3,4)46-23-12-8-19-42(46)50/h5-32H,1-4H3. The molecule has 2 heterocycles. The van der Waals surface area contributed by atoms with Gasteiger partial charge in [0.2, 0.25) is 0 Å². The van der Waals surface area contributed by atoms with E-state index in [1.54, 1.807) is 24.3 Å². The van der Waals surface area contributed by atoms with Crippen LogP contribution in [0, 0.1) is 0 Å². The Morgan fingerprint density at radius 2 is 0.648 bits per heavy atom. The first-order valence-corrected chi connectivity index (χ1v) is 24.5. The SMILES string of the molecule is C[Si]1(C)c2ccccc2N(c2ccc(C(=O)c3cccc(C(=O)c4ccc(N5c6ccccc6[Si](C)(C)c6ccccc65)cc4)c3)cc2)c2ccccc21. The Hall–Kier alpha value is -6.09. The highest BCUT2D eigenvalue weighted by Gasteiger charge is 2.39. The molecule has 54 heavy (non-hydrogen) atoms. The monoisotopic (exact) mass is 732 g/mol. The molecule has 0 amide bonds. The van der Waals surface area contributed by atoms with E-state index in [0.717, 1.165) is 11.4 Å². The molecular formula is C48H40N2O2Si2. The average molecular weight is 733 g/mol. The number of carbonyl (C=O) groups excluding carboxylic acids is 2. The highest BCUT2D eigenvalue weighted by molar-refractivity contribution is 7.03. The van der Waals surface area contributed by atoms with Crippen LogP contribution in [0.4, 0.5) is 34.1 Å². The Kier molecular flexibility index (Phi) is 7.99. The summed E-state index contributed by atoms with van der Waals surface area (Å²) >= 11 is 0. The van der Waals surface area contributed by atoms with Crippen LogP contribution in [-0.4, -0.2) is 27.7 Å². The van der Waals surface area contributed by atoms with Crippen LogP contribution >= 0.6 is 0 Å². The topological polar surface area (TPSA) is 40.6 Å². The first-order chi connectivity index (χ1) is 26.1. The van der Waals surface area contributed by atoms with Gasteiger partial charge in [0, 0.05) is 56.4 Å². The van der Waals surface area contributed by atoms with Gasteiger partial charge in [0.25, 0.3) is 0 Å². The molecule has 0 N–H and O–H groups in total. The number of nitrogens with zero attached hydrogens (tertiary/aromatic N) is 2. The van der Waals surface area contributed by atoms with E-state index in [1.807, 2.05) is 48.5 Å². The molecule has 2 aliphatic rings. The molecule has 0 aliphatic carbocycles. The largest absolute Gasteiger partial charge is 0.311 e. The quantitative estimate of drug-likeness (QED) is 0.126. The maximum atomic E-state index is 13.9. The van der Waals surface area contributed by atoms with E-state index in [1.165, 1.54) is 43.5 Å². The molecule has 4 nitrogen and oxygen atoms in total. The van der Waals surface area contributed by atoms with Gasteiger partial charge in [-0.25, -0.2) is 0 Å². The van der Waals surface area contributed by atoms with Crippen molar-refractivity contribution in [1.82, 2.24) is 0 Å². The molecule has 0 fully saturated rings.